The molecule has 0 amide bonds. The Morgan fingerprint density at radius 2 is 1.61 bits per heavy atom. The van der Waals surface area contributed by atoms with E-state index in [9.17, 15) is 9.59 Å². The number of rotatable bonds is 6. The van der Waals surface area contributed by atoms with E-state index in [1.165, 1.54) is 6.42 Å². The molecule has 2 heterocycles. The van der Waals surface area contributed by atoms with Gasteiger partial charge in [0.15, 0.2) is 11.1 Å². The molecule has 0 N–H and O–H groups in total. The fourth-order valence-corrected chi connectivity index (χ4v) is 4.71. The van der Waals surface area contributed by atoms with E-state index in [4.69, 9.17) is 0 Å². The van der Waals surface area contributed by atoms with Crippen LogP contribution in [0.5, 0.6) is 0 Å². The summed E-state index contributed by atoms with van der Waals surface area (Å²) in [7, 11) is 0. The summed E-state index contributed by atoms with van der Waals surface area (Å²) in [6, 6.07) is 0. The second kappa shape index (κ2) is 11.8. The molecule has 0 saturated heterocycles. The molecule has 8 heteroatoms. The van der Waals surface area contributed by atoms with Gasteiger partial charge in [-0.3, -0.25) is 9.59 Å². The van der Waals surface area contributed by atoms with Crippen LogP contribution in [0.3, 0.4) is 0 Å². The van der Waals surface area contributed by atoms with Crippen LogP contribution < -0.4 is 21.1 Å². The molecule has 2 radical (unpaired) electrons. The van der Waals surface area contributed by atoms with Crippen LogP contribution in [-0.4, -0.2) is 9.97 Å². The van der Waals surface area contributed by atoms with Crippen LogP contribution in [0, 0.1) is 18.8 Å². The molecule has 2 aromatic heterocycles. The fourth-order valence-electron chi connectivity index (χ4n) is 4.71. The number of nitrogens with zero attached hydrogens (tertiary/aromatic N) is 4. The topological polar surface area (TPSA) is 88.1 Å². The summed E-state index contributed by atoms with van der Waals surface area (Å²) in [5.41, 5.74) is 1.14. The van der Waals surface area contributed by atoms with Crippen molar-refractivity contribution in [2.75, 3.05) is 0 Å². The van der Waals surface area contributed by atoms with Crippen molar-refractivity contribution < 1.29 is 40.8 Å². The molecule has 6 nitrogen and oxygen atoms in total. The van der Waals surface area contributed by atoms with Gasteiger partial charge in [0.2, 0.25) is 0 Å². The van der Waals surface area contributed by atoms with Crippen LogP contribution in [0.15, 0.2) is 22.0 Å². The van der Waals surface area contributed by atoms with E-state index in [1.54, 1.807) is 19.3 Å². The van der Waals surface area contributed by atoms with Crippen molar-refractivity contribution in [2.45, 2.75) is 83.5 Å². The smallest absolute Gasteiger partial charge is 0.173 e. The summed E-state index contributed by atoms with van der Waals surface area (Å²) in [6.07, 6.45) is 13.2. The van der Waals surface area contributed by atoms with E-state index >= 15 is 0 Å². The second-order valence-electron chi connectivity index (χ2n) is 9.12. The van der Waals surface area contributed by atoms with E-state index in [-0.39, 0.29) is 57.9 Å². The molecule has 1 atom stereocenters. The van der Waals surface area contributed by atoms with Crippen molar-refractivity contribution in [3.8, 4) is 0 Å². The van der Waals surface area contributed by atoms with E-state index in [1.807, 2.05) is 0 Å². The Morgan fingerprint density at radius 3 is 2.19 bits per heavy atom. The van der Waals surface area contributed by atoms with Crippen molar-refractivity contribution in [2.24, 2.45) is 11.8 Å². The Bertz CT molecular complexity index is 963. The van der Waals surface area contributed by atoms with Crippen molar-refractivity contribution >= 4 is 0 Å². The number of aryl methyl sites for hydroxylation is 1. The Balaban J connectivity index is 0.00000171. The number of hydrogen-bond donors (Lipinski definition) is 0. The predicted octanol–water partition coefficient (Wildman–Crippen LogP) is 3.23. The molecular weight excluding hydrogens is 737 g/mol. The van der Waals surface area contributed by atoms with Crippen molar-refractivity contribution in [1.82, 2.24) is 19.9 Å². The Morgan fingerprint density at radius 1 is 0.935 bits per heavy atom. The van der Waals surface area contributed by atoms with Gasteiger partial charge in [0, 0.05) is 40.8 Å². The molecule has 0 aliphatic heterocycles. The van der Waals surface area contributed by atoms with Crippen LogP contribution in [0.2, 0.25) is 0 Å². The van der Waals surface area contributed by atoms with Gasteiger partial charge in [-0.25, -0.2) is 0 Å². The predicted molar refractivity (Wildman–Crippen MR) is 111 cm³/mol. The summed E-state index contributed by atoms with van der Waals surface area (Å²) < 4.78 is 0. The number of aromatic nitrogens is 4. The Hall–Kier alpha value is -0.915. The molecular formula is C23H30N4O2Re2-2. The molecule has 31 heavy (non-hydrogen) atoms. The van der Waals surface area contributed by atoms with Gasteiger partial charge in [-0.05, 0) is 80.2 Å². The first-order valence-electron chi connectivity index (χ1n) is 11.0. The third-order valence-corrected chi connectivity index (χ3v) is 6.90. The van der Waals surface area contributed by atoms with Gasteiger partial charge in [0.05, 0.1) is 0 Å². The zero-order chi connectivity index (χ0) is 20.4. The third-order valence-electron chi connectivity index (χ3n) is 6.90. The zero-order valence-electron chi connectivity index (χ0n) is 18.2. The molecule has 2 aliphatic carbocycles. The second-order valence-corrected chi connectivity index (χ2v) is 9.12. The van der Waals surface area contributed by atoms with Crippen LogP contribution >= 0.6 is 0 Å². The molecule has 0 spiro atoms. The van der Waals surface area contributed by atoms with Crippen molar-refractivity contribution in [1.29, 1.82) is 0 Å². The third kappa shape index (κ3) is 6.55. The molecule has 2 aliphatic rings. The maximum Gasteiger partial charge on any atom is 0.173 e. The molecule has 2 saturated carbocycles. The van der Waals surface area contributed by atoms with Gasteiger partial charge in [-0.15, -0.1) is 0 Å². The Labute approximate surface area is 211 Å². The normalized spacial score (nSPS) is 22.0. The number of hydrogen-bond acceptors (Lipinski definition) is 4. The quantitative estimate of drug-likeness (QED) is 0.450. The maximum atomic E-state index is 12.5. The molecule has 0 aromatic carbocycles. The van der Waals surface area contributed by atoms with Gasteiger partial charge in [0.25, 0.3) is 0 Å². The largest absolute Gasteiger partial charge is 0.446 e. The summed E-state index contributed by atoms with van der Waals surface area (Å²) in [4.78, 5) is 41.4. The van der Waals surface area contributed by atoms with Gasteiger partial charge in [-0.1, -0.05) is 50.2 Å². The van der Waals surface area contributed by atoms with Crippen molar-refractivity contribution in [3.05, 3.63) is 55.9 Å². The van der Waals surface area contributed by atoms with Crippen LogP contribution in [0.1, 0.15) is 92.9 Å². The summed E-state index contributed by atoms with van der Waals surface area (Å²) in [5, 5.41) is 0. The maximum absolute atomic E-state index is 12.5. The first-order valence-corrected chi connectivity index (χ1v) is 11.0. The molecule has 1 unspecified atom stereocenters. The van der Waals surface area contributed by atoms with Gasteiger partial charge >= 0.3 is 0 Å². The first-order chi connectivity index (χ1) is 14.0. The van der Waals surface area contributed by atoms with Crippen LogP contribution in [0.25, 0.3) is 0 Å². The van der Waals surface area contributed by atoms with Crippen LogP contribution in [0.4, 0.5) is 0 Å². The van der Waals surface area contributed by atoms with Gasteiger partial charge in [-0.2, -0.15) is 0 Å². The van der Waals surface area contributed by atoms with E-state index < -0.39 is 0 Å². The summed E-state index contributed by atoms with van der Waals surface area (Å²) >= 11 is 0. The van der Waals surface area contributed by atoms with E-state index in [0.29, 0.717) is 29.1 Å². The minimum Gasteiger partial charge on any atom is -0.446 e. The van der Waals surface area contributed by atoms with E-state index in [0.717, 1.165) is 62.8 Å². The average molecular weight is 767 g/mol. The molecule has 0 bridgehead atoms. The van der Waals surface area contributed by atoms with E-state index in [2.05, 4.69) is 26.9 Å². The minimum absolute atomic E-state index is 0. The molecule has 170 valence electrons. The average Bonchev–Trinajstić information content (AvgIpc) is 2.65. The SMILES string of the molecule is Cc1cnc(CC2CCC(CC(C)c3cnc(C4CCC4)[n-]c3=O)CC2)[n-]c1=O.[Re].[Re]. The van der Waals surface area contributed by atoms with Crippen molar-refractivity contribution in [3.63, 3.8) is 0 Å². The van der Waals surface area contributed by atoms with Gasteiger partial charge in [0.1, 0.15) is 0 Å². The standard InChI is InChI=1S/C23H32N4O2.2Re/c1-14(19-13-25-21(27-23(19)29)18-4-3-5-18)10-16-6-8-17(9-7-16)11-20-24-12-15(2)22(28)26-20;;/h12-14,16-18H,3-11H2,1-2H3,(H2,24,25,26,27,28,29);;/p-2. The first kappa shape index (κ1) is 26.3. The summed E-state index contributed by atoms with van der Waals surface area (Å²) in [6.45, 7) is 3.88. The fraction of sp³-hybridized carbons (Fsp3) is 0.652. The van der Waals surface area contributed by atoms with Crippen LogP contribution in [-0.2, 0) is 47.3 Å². The summed E-state index contributed by atoms with van der Waals surface area (Å²) in [5.74, 6) is 3.19. The molecule has 2 fully saturated rings. The Kier molecular flexibility index (Phi) is 10.0. The molecule has 4 rings (SSSR count). The van der Waals surface area contributed by atoms with Gasteiger partial charge < -0.3 is 19.9 Å². The monoisotopic (exact) mass is 768 g/mol. The minimum atomic E-state index is -0.156. The molecule has 2 aromatic rings. The zero-order valence-corrected chi connectivity index (χ0v) is 23.6.